The van der Waals surface area contributed by atoms with Gasteiger partial charge in [-0.3, -0.25) is 4.79 Å². The van der Waals surface area contributed by atoms with Crippen molar-refractivity contribution >= 4 is 39.8 Å². The molecule has 0 fully saturated rings. The molecule has 2 aromatic carbocycles. The highest BCUT2D eigenvalue weighted by Crippen LogP contribution is 2.16. The molecule has 0 aliphatic heterocycles. The van der Waals surface area contributed by atoms with Crippen molar-refractivity contribution in [3.05, 3.63) is 69.9 Å². The number of carbonyl (C=O) groups excluding carboxylic acids is 1. The fourth-order valence-corrected chi connectivity index (χ4v) is 2.89. The first kappa shape index (κ1) is 16.7. The third-order valence-corrected chi connectivity index (χ3v) is 4.19. The molecule has 1 amide bonds. The zero-order chi connectivity index (χ0) is 15.8. The summed E-state index contributed by atoms with van der Waals surface area (Å²) >= 11 is 4.90. The molecule has 6 heteroatoms. The standard InChI is InChI=1S/C16H14BrFN2OS/c17-14-6-3-4-12(8-14)10-22-11-16(21)20-19-9-13-5-1-2-7-15(13)18/h1-9H,10-11H2,(H,20,21). The Bertz CT molecular complexity index is 679. The van der Waals surface area contributed by atoms with Gasteiger partial charge in [0.1, 0.15) is 5.82 Å². The summed E-state index contributed by atoms with van der Waals surface area (Å²) in [6.07, 6.45) is 1.30. The molecule has 3 nitrogen and oxygen atoms in total. The van der Waals surface area contributed by atoms with Crippen LogP contribution in [0.2, 0.25) is 0 Å². The van der Waals surface area contributed by atoms with Gasteiger partial charge in [-0.05, 0) is 23.8 Å². The summed E-state index contributed by atoms with van der Waals surface area (Å²) in [5.41, 5.74) is 3.87. The molecule has 0 saturated heterocycles. The van der Waals surface area contributed by atoms with Crippen molar-refractivity contribution in [2.24, 2.45) is 5.10 Å². The van der Waals surface area contributed by atoms with E-state index < -0.39 is 0 Å². The first-order valence-electron chi connectivity index (χ1n) is 6.54. The quantitative estimate of drug-likeness (QED) is 0.608. The number of nitrogens with one attached hydrogen (secondary N) is 1. The van der Waals surface area contributed by atoms with Gasteiger partial charge in [-0.1, -0.05) is 46.3 Å². The topological polar surface area (TPSA) is 41.5 Å². The van der Waals surface area contributed by atoms with Crippen LogP contribution in [-0.4, -0.2) is 17.9 Å². The Kier molecular flexibility index (Phi) is 6.61. The highest BCUT2D eigenvalue weighted by atomic mass is 79.9. The number of rotatable bonds is 6. The molecule has 0 radical (unpaired) electrons. The van der Waals surface area contributed by atoms with Gasteiger partial charge >= 0.3 is 0 Å². The minimum absolute atomic E-state index is 0.215. The van der Waals surface area contributed by atoms with Crippen molar-refractivity contribution in [3.63, 3.8) is 0 Å². The second kappa shape index (κ2) is 8.70. The Morgan fingerprint density at radius 3 is 2.86 bits per heavy atom. The predicted molar refractivity (Wildman–Crippen MR) is 92.4 cm³/mol. The third kappa shape index (κ3) is 5.61. The van der Waals surface area contributed by atoms with Crippen molar-refractivity contribution in [1.29, 1.82) is 0 Å². The number of hydrogen-bond acceptors (Lipinski definition) is 3. The van der Waals surface area contributed by atoms with Gasteiger partial charge in [0.25, 0.3) is 0 Å². The molecule has 0 heterocycles. The summed E-state index contributed by atoms with van der Waals surface area (Å²) in [6.45, 7) is 0. The summed E-state index contributed by atoms with van der Waals surface area (Å²) in [5.74, 6) is 0.447. The van der Waals surface area contributed by atoms with Gasteiger partial charge < -0.3 is 0 Å². The second-order valence-electron chi connectivity index (χ2n) is 4.44. The molecule has 0 aromatic heterocycles. The third-order valence-electron chi connectivity index (χ3n) is 2.69. The lowest BCUT2D eigenvalue weighted by Gasteiger charge is -2.02. The van der Waals surface area contributed by atoms with E-state index in [0.29, 0.717) is 11.3 Å². The summed E-state index contributed by atoms with van der Waals surface area (Å²) in [5, 5.41) is 3.76. The van der Waals surface area contributed by atoms with Crippen LogP contribution >= 0.6 is 27.7 Å². The van der Waals surface area contributed by atoms with Crippen LogP contribution in [0.25, 0.3) is 0 Å². The molecule has 22 heavy (non-hydrogen) atoms. The monoisotopic (exact) mass is 380 g/mol. The number of nitrogens with zero attached hydrogens (tertiary/aromatic N) is 1. The molecule has 0 aliphatic carbocycles. The van der Waals surface area contributed by atoms with E-state index in [-0.39, 0.29) is 11.7 Å². The normalized spacial score (nSPS) is 10.8. The maximum Gasteiger partial charge on any atom is 0.250 e. The lowest BCUT2D eigenvalue weighted by Crippen LogP contribution is -2.19. The van der Waals surface area contributed by atoms with Crippen molar-refractivity contribution in [2.45, 2.75) is 5.75 Å². The van der Waals surface area contributed by atoms with Crippen LogP contribution in [0.4, 0.5) is 4.39 Å². The average molecular weight is 381 g/mol. The molecule has 0 aliphatic rings. The van der Waals surface area contributed by atoms with Crippen LogP contribution in [0.15, 0.2) is 58.1 Å². The maximum atomic E-state index is 13.3. The number of carbonyl (C=O) groups is 1. The summed E-state index contributed by atoms with van der Waals surface area (Å²) in [7, 11) is 0. The minimum Gasteiger partial charge on any atom is -0.272 e. The van der Waals surface area contributed by atoms with Gasteiger partial charge in [-0.25, -0.2) is 9.82 Å². The number of hydrazone groups is 1. The molecule has 114 valence electrons. The van der Waals surface area contributed by atoms with E-state index >= 15 is 0 Å². The van der Waals surface area contributed by atoms with Gasteiger partial charge in [0.15, 0.2) is 0 Å². The molecule has 2 rings (SSSR count). The van der Waals surface area contributed by atoms with Crippen molar-refractivity contribution in [1.82, 2.24) is 5.43 Å². The fourth-order valence-electron chi connectivity index (χ4n) is 1.67. The van der Waals surface area contributed by atoms with Gasteiger partial charge in [0.2, 0.25) is 5.91 Å². The molecule has 0 saturated carbocycles. The lowest BCUT2D eigenvalue weighted by atomic mass is 10.2. The maximum absolute atomic E-state index is 13.3. The van der Waals surface area contributed by atoms with Crippen LogP contribution in [-0.2, 0) is 10.5 Å². The largest absolute Gasteiger partial charge is 0.272 e. The van der Waals surface area contributed by atoms with Crippen molar-refractivity contribution in [3.8, 4) is 0 Å². The Morgan fingerprint density at radius 2 is 2.09 bits per heavy atom. The smallest absolute Gasteiger partial charge is 0.250 e. The molecule has 1 N–H and O–H groups in total. The SMILES string of the molecule is O=C(CSCc1cccc(Br)c1)NN=Cc1ccccc1F. The molecule has 2 aromatic rings. The lowest BCUT2D eigenvalue weighted by molar-refractivity contribution is -0.118. The number of amides is 1. The molecule has 0 bridgehead atoms. The number of hydrogen-bond donors (Lipinski definition) is 1. The van der Waals surface area contributed by atoms with Gasteiger partial charge in [-0.15, -0.1) is 11.8 Å². The summed E-state index contributed by atoms with van der Waals surface area (Å²) < 4.78 is 14.3. The predicted octanol–water partition coefficient (Wildman–Crippen LogP) is 3.97. The molecular formula is C16H14BrFN2OS. The Hall–Kier alpha value is -1.66. The zero-order valence-electron chi connectivity index (χ0n) is 11.6. The van der Waals surface area contributed by atoms with Crippen LogP contribution in [0.1, 0.15) is 11.1 Å². The summed E-state index contributed by atoms with van der Waals surface area (Å²) in [6, 6.07) is 14.2. The zero-order valence-corrected chi connectivity index (χ0v) is 14.0. The number of halogens is 2. The molecular weight excluding hydrogens is 367 g/mol. The number of thioether (sulfide) groups is 1. The first-order valence-corrected chi connectivity index (χ1v) is 8.48. The first-order chi connectivity index (χ1) is 10.6. The van der Waals surface area contributed by atoms with E-state index in [0.717, 1.165) is 15.8 Å². The van der Waals surface area contributed by atoms with E-state index in [1.807, 2.05) is 24.3 Å². The second-order valence-corrected chi connectivity index (χ2v) is 6.34. The fraction of sp³-hybridized carbons (Fsp3) is 0.125. The van der Waals surface area contributed by atoms with E-state index in [4.69, 9.17) is 0 Å². The Morgan fingerprint density at radius 1 is 1.27 bits per heavy atom. The van der Waals surface area contributed by atoms with Crippen LogP contribution in [0.3, 0.4) is 0 Å². The highest BCUT2D eigenvalue weighted by Gasteiger charge is 2.01. The summed E-state index contributed by atoms with van der Waals surface area (Å²) in [4.78, 5) is 11.6. The Labute approximate surface area is 141 Å². The minimum atomic E-state index is -0.371. The number of benzene rings is 2. The van der Waals surface area contributed by atoms with Gasteiger partial charge in [0, 0.05) is 15.8 Å². The molecule has 0 spiro atoms. The molecule has 0 atom stereocenters. The highest BCUT2D eigenvalue weighted by molar-refractivity contribution is 9.10. The van der Waals surface area contributed by atoms with Crippen LogP contribution in [0.5, 0.6) is 0 Å². The van der Waals surface area contributed by atoms with Crippen LogP contribution in [0, 0.1) is 5.82 Å². The van der Waals surface area contributed by atoms with E-state index in [1.165, 1.54) is 24.0 Å². The van der Waals surface area contributed by atoms with E-state index in [1.54, 1.807) is 18.2 Å². The van der Waals surface area contributed by atoms with Gasteiger partial charge in [0.05, 0.1) is 12.0 Å². The Balaban J connectivity index is 1.73. The van der Waals surface area contributed by atoms with Crippen LogP contribution < -0.4 is 5.43 Å². The van der Waals surface area contributed by atoms with Gasteiger partial charge in [-0.2, -0.15) is 5.10 Å². The van der Waals surface area contributed by atoms with E-state index in [9.17, 15) is 9.18 Å². The van der Waals surface area contributed by atoms with Crippen molar-refractivity contribution in [2.75, 3.05) is 5.75 Å². The van der Waals surface area contributed by atoms with Crippen molar-refractivity contribution < 1.29 is 9.18 Å². The average Bonchev–Trinajstić information content (AvgIpc) is 2.49. The molecule has 0 unspecified atom stereocenters. The van der Waals surface area contributed by atoms with E-state index in [2.05, 4.69) is 26.5 Å².